The van der Waals surface area contributed by atoms with Crippen molar-refractivity contribution < 1.29 is 13.3 Å². The van der Waals surface area contributed by atoms with Gasteiger partial charge in [-0.15, -0.1) is 0 Å². The first kappa shape index (κ1) is 8.96. The number of halogens is 1. The molecule has 0 amide bonds. The summed E-state index contributed by atoms with van der Waals surface area (Å²) in [5.74, 6) is 0.450. The Labute approximate surface area is 89.4 Å². The average molecular weight is 218 g/mol. The maximum atomic E-state index is 12.9. The summed E-state index contributed by atoms with van der Waals surface area (Å²) in [6, 6.07) is 6.03. The number of fused-ring (bicyclic) bond motifs is 1. The van der Waals surface area contributed by atoms with Crippen molar-refractivity contribution in [1.82, 2.24) is 5.16 Å². The fourth-order valence-corrected chi connectivity index (χ4v) is 1.55. The lowest BCUT2D eigenvalue weighted by molar-refractivity contribution is 0.421. The molecular formula is C11H7FN2O2. The fourth-order valence-electron chi connectivity index (χ4n) is 1.55. The molecule has 80 valence electrons. The first-order chi connectivity index (χ1) is 7.74. The molecule has 0 saturated heterocycles. The number of nitrogen functional groups attached to an aromatic ring is 1. The van der Waals surface area contributed by atoms with Crippen LogP contribution in [0.3, 0.4) is 0 Å². The molecule has 0 aliphatic heterocycles. The van der Waals surface area contributed by atoms with Crippen LogP contribution in [0.4, 0.5) is 10.1 Å². The highest BCUT2D eigenvalue weighted by atomic mass is 19.1. The summed E-state index contributed by atoms with van der Waals surface area (Å²) in [5, 5.41) is 4.34. The molecular weight excluding hydrogens is 211 g/mol. The largest absolute Gasteiger partial charge is 0.452 e. The molecule has 2 heterocycles. The predicted octanol–water partition coefficient (Wildman–Crippen LogP) is 2.81. The second-order valence-electron chi connectivity index (χ2n) is 3.40. The monoisotopic (exact) mass is 218 g/mol. The van der Waals surface area contributed by atoms with Gasteiger partial charge < -0.3 is 14.7 Å². The molecule has 0 aliphatic carbocycles. The predicted molar refractivity (Wildman–Crippen MR) is 56.1 cm³/mol. The smallest absolute Gasteiger partial charge is 0.224 e. The number of anilines is 1. The third-order valence-electron chi connectivity index (χ3n) is 2.30. The van der Waals surface area contributed by atoms with E-state index < -0.39 is 0 Å². The maximum absolute atomic E-state index is 12.9. The first-order valence-electron chi connectivity index (χ1n) is 4.63. The molecule has 0 unspecified atom stereocenters. The molecule has 0 atom stereocenters. The Balaban J connectivity index is 2.23. The van der Waals surface area contributed by atoms with Crippen LogP contribution in [0.25, 0.3) is 22.5 Å². The van der Waals surface area contributed by atoms with Crippen molar-refractivity contribution in [2.75, 3.05) is 5.73 Å². The van der Waals surface area contributed by atoms with Crippen molar-refractivity contribution in [1.29, 1.82) is 0 Å². The third kappa shape index (κ3) is 1.25. The molecule has 0 saturated carbocycles. The van der Waals surface area contributed by atoms with E-state index in [0.717, 1.165) is 5.39 Å². The number of rotatable bonds is 1. The third-order valence-corrected chi connectivity index (χ3v) is 2.30. The standard InChI is InChI=1S/C11H7FN2O2/c12-7-2-1-6-3-10(15-9(6)4-7)11-8(13)5-14-16-11/h1-5H,13H2. The minimum absolute atomic E-state index is 0.348. The van der Waals surface area contributed by atoms with Gasteiger partial charge in [-0.1, -0.05) is 5.16 Å². The Kier molecular flexibility index (Phi) is 1.73. The Morgan fingerprint density at radius 1 is 1.25 bits per heavy atom. The average Bonchev–Trinajstić information content (AvgIpc) is 2.82. The van der Waals surface area contributed by atoms with Gasteiger partial charge in [0.25, 0.3) is 0 Å². The number of hydrogen-bond donors (Lipinski definition) is 1. The molecule has 0 aliphatic rings. The minimum Gasteiger partial charge on any atom is -0.452 e. The van der Waals surface area contributed by atoms with Crippen LogP contribution in [0.15, 0.2) is 39.4 Å². The van der Waals surface area contributed by atoms with Gasteiger partial charge in [0.15, 0.2) is 5.76 Å². The zero-order valence-corrected chi connectivity index (χ0v) is 8.11. The molecule has 0 radical (unpaired) electrons. The van der Waals surface area contributed by atoms with E-state index in [9.17, 15) is 4.39 Å². The van der Waals surface area contributed by atoms with E-state index in [0.29, 0.717) is 22.8 Å². The van der Waals surface area contributed by atoms with Crippen LogP contribution in [-0.4, -0.2) is 5.16 Å². The first-order valence-corrected chi connectivity index (χ1v) is 4.63. The zero-order chi connectivity index (χ0) is 11.1. The van der Waals surface area contributed by atoms with Crippen LogP contribution < -0.4 is 5.73 Å². The highest BCUT2D eigenvalue weighted by molar-refractivity contribution is 5.83. The van der Waals surface area contributed by atoms with Crippen molar-refractivity contribution in [2.45, 2.75) is 0 Å². The van der Waals surface area contributed by atoms with Gasteiger partial charge in [0.1, 0.15) is 17.1 Å². The lowest BCUT2D eigenvalue weighted by atomic mass is 10.2. The topological polar surface area (TPSA) is 65.2 Å². The van der Waals surface area contributed by atoms with Gasteiger partial charge in [0.2, 0.25) is 5.76 Å². The van der Waals surface area contributed by atoms with Crippen LogP contribution in [-0.2, 0) is 0 Å². The lowest BCUT2D eigenvalue weighted by Crippen LogP contribution is -1.82. The van der Waals surface area contributed by atoms with E-state index in [-0.39, 0.29) is 5.82 Å². The number of aromatic nitrogens is 1. The van der Waals surface area contributed by atoms with E-state index in [1.54, 1.807) is 12.1 Å². The SMILES string of the molecule is Nc1cnoc1-c1cc2ccc(F)cc2o1. The van der Waals surface area contributed by atoms with Gasteiger partial charge in [-0.2, -0.15) is 0 Å². The number of hydrogen-bond acceptors (Lipinski definition) is 4. The van der Waals surface area contributed by atoms with E-state index in [4.69, 9.17) is 14.7 Å². The number of nitrogens with zero attached hydrogens (tertiary/aromatic N) is 1. The van der Waals surface area contributed by atoms with Gasteiger partial charge in [0.05, 0.1) is 6.20 Å². The van der Waals surface area contributed by atoms with Gasteiger partial charge in [-0.05, 0) is 18.2 Å². The summed E-state index contributed by atoms with van der Waals surface area (Å²) >= 11 is 0. The summed E-state index contributed by atoms with van der Waals surface area (Å²) in [7, 11) is 0. The summed E-state index contributed by atoms with van der Waals surface area (Å²) in [6.45, 7) is 0. The minimum atomic E-state index is -0.348. The van der Waals surface area contributed by atoms with Crippen molar-refractivity contribution >= 4 is 16.7 Å². The Hall–Kier alpha value is -2.30. The van der Waals surface area contributed by atoms with Crippen LogP contribution in [0.1, 0.15) is 0 Å². The molecule has 1 aromatic carbocycles. The van der Waals surface area contributed by atoms with Crippen LogP contribution in [0.2, 0.25) is 0 Å². The number of furan rings is 1. The maximum Gasteiger partial charge on any atom is 0.224 e. The van der Waals surface area contributed by atoms with E-state index >= 15 is 0 Å². The van der Waals surface area contributed by atoms with Gasteiger partial charge in [0, 0.05) is 11.5 Å². The molecule has 4 nitrogen and oxygen atoms in total. The molecule has 16 heavy (non-hydrogen) atoms. The molecule has 5 heteroatoms. The summed E-state index contributed by atoms with van der Waals surface area (Å²) in [5.41, 5.74) is 6.47. The molecule has 2 N–H and O–H groups in total. The van der Waals surface area contributed by atoms with Crippen LogP contribution in [0, 0.1) is 5.82 Å². The van der Waals surface area contributed by atoms with Gasteiger partial charge in [-0.3, -0.25) is 0 Å². The van der Waals surface area contributed by atoms with Gasteiger partial charge in [-0.25, -0.2) is 4.39 Å². The van der Waals surface area contributed by atoms with Crippen LogP contribution in [0.5, 0.6) is 0 Å². The second-order valence-corrected chi connectivity index (χ2v) is 3.40. The van der Waals surface area contributed by atoms with Crippen molar-refractivity contribution in [3.05, 3.63) is 36.3 Å². The zero-order valence-electron chi connectivity index (χ0n) is 8.11. The molecule has 0 bridgehead atoms. The summed E-state index contributed by atoms with van der Waals surface area (Å²) < 4.78 is 23.3. The summed E-state index contributed by atoms with van der Waals surface area (Å²) in [6.07, 6.45) is 1.39. The molecule has 2 aromatic heterocycles. The second kappa shape index (κ2) is 3.10. The van der Waals surface area contributed by atoms with Crippen molar-refractivity contribution in [3.8, 4) is 11.5 Å². The Morgan fingerprint density at radius 3 is 2.88 bits per heavy atom. The normalized spacial score (nSPS) is 11.1. The Morgan fingerprint density at radius 2 is 2.12 bits per heavy atom. The molecule has 0 spiro atoms. The number of benzene rings is 1. The highest BCUT2D eigenvalue weighted by Gasteiger charge is 2.13. The highest BCUT2D eigenvalue weighted by Crippen LogP contribution is 2.31. The van der Waals surface area contributed by atoms with Crippen molar-refractivity contribution in [3.63, 3.8) is 0 Å². The molecule has 3 rings (SSSR count). The van der Waals surface area contributed by atoms with Gasteiger partial charge >= 0.3 is 0 Å². The number of nitrogens with two attached hydrogens (primary N) is 1. The van der Waals surface area contributed by atoms with Crippen molar-refractivity contribution in [2.24, 2.45) is 0 Å². The fraction of sp³-hybridized carbons (Fsp3) is 0. The quantitative estimate of drug-likeness (QED) is 0.682. The molecule has 3 aromatic rings. The van der Waals surface area contributed by atoms with E-state index in [1.165, 1.54) is 18.3 Å². The lowest BCUT2D eigenvalue weighted by Gasteiger charge is -1.89. The Bertz CT molecular complexity index is 657. The van der Waals surface area contributed by atoms with E-state index in [2.05, 4.69) is 5.16 Å². The van der Waals surface area contributed by atoms with Crippen LogP contribution >= 0.6 is 0 Å². The summed E-state index contributed by atoms with van der Waals surface area (Å²) in [4.78, 5) is 0. The molecule has 0 fully saturated rings. The van der Waals surface area contributed by atoms with E-state index in [1.807, 2.05) is 0 Å².